The molecule has 0 spiro atoms. The molecule has 1 N–H and O–H groups in total. The molecule has 1 nitrogen and oxygen atoms in total. The van der Waals surface area contributed by atoms with Crippen molar-refractivity contribution in [2.24, 2.45) is 17.8 Å². The van der Waals surface area contributed by atoms with Crippen LogP contribution in [-0.2, 0) is 0 Å². The van der Waals surface area contributed by atoms with Gasteiger partial charge in [0.1, 0.15) is 0 Å². The summed E-state index contributed by atoms with van der Waals surface area (Å²) >= 11 is 0. The van der Waals surface area contributed by atoms with Crippen molar-refractivity contribution in [1.82, 2.24) is 0 Å². The highest BCUT2D eigenvalue weighted by molar-refractivity contribution is 4.90. The van der Waals surface area contributed by atoms with Crippen molar-refractivity contribution in [2.75, 3.05) is 0 Å². The Morgan fingerprint density at radius 2 is 1.38 bits per heavy atom. The van der Waals surface area contributed by atoms with Gasteiger partial charge in [-0.1, -0.05) is 40.5 Å². The molecule has 1 rings (SSSR count). The molecule has 96 valence electrons. The lowest BCUT2D eigenvalue weighted by molar-refractivity contribution is -0.0621. The van der Waals surface area contributed by atoms with E-state index >= 15 is 0 Å². The van der Waals surface area contributed by atoms with Crippen molar-refractivity contribution in [2.45, 2.75) is 78.2 Å². The van der Waals surface area contributed by atoms with E-state index in [2.05, 4.69) is 27.7 Å². The fourth-order valence-electron chi connectivity index (χ4n) is 3.78. The van der Waals surface area contributed by atoms with Crippen LogP contribution in [0.1, 0.15) is 72.6 Å². The Labute approximate surface area is 102 Å². The van der Waals surface area contributed by atoms with Crippen LogP contribution in [0, 0.1) is 17.8 Å². The van der Waals surface area contributed by atoms with Gasteiger partial charge in [-0.15, -0.1) is 0 Å². The maximum atomic E-state index is 10.9. The van der Waals surface area contributed by atoms with Gasteiger partial charge in [0.05, 0.1) is 5.60 Å². The third-order valence-corrected chi connectivity index (χ3v) is 4.30. The molecule has 2 unspecified atom stereocenters. The number of hydrogen-bond acceptors (Lipinski definition) is 1. The Morgan fingerprint density at radius 3 is 1.75 bits per heavy atom. The van der Waals surface area contributed by atoms with Gasteiger partial charge in [-0.05, 0) is 49.9 Å². The van der Waals surface area contributed by atoms with E-state index in [1.807, 2.05) is 0 Å². The minimum atomic E-state index is -0.369. The standard InChI is InChI=1S/C15H30O/c1-5-7-15(16,8-6-2)14-10-12(3)9-13(4)11-14/h12-14,16H,5-11H2,1-4H3. The highest BCUT2D eigenvalue weighted by Crippen LogP contribution is 2.42. The lowest BCUT2D eigenvalue weighted by Crippen LogP contribution is -2.41. The first-order valence-electron chi connectivity index (χ1n) is 7.24. The topological polar surface area (TPSA) is 20.2 Å². The minimum absolute atomic E-state index is 0.369. The van der Waals surface area contributed by atoms with Crippen molar-refractivity contribution in [3.8, 4) is 0 Å². The molecule has 1 aliphatic rings. The Hall–Kier alpha value is -0.0400. The summed E-state index contributed by atoms with van der Waals surface area (Å²) in [6.45, 7) is 9.08. The van der Waals surface area contributed by atoms with E-state index in [4.69, 9.17) is 0 Å². The van der Waals surface area contributed by atoms with Crippen molar-refractivity contribution >= 4 is 0 Å². The zero-order valence-electron chi connectivity index (χ0n) is 11.6. The van der Waals surface area contributed by atoms with Crippen LogP contribution in [0.3, 0.4) is 0 Å². The maximum Gasteiger partial charge on any atom is 0.0675 e. The molecule has 0 amide bonds. The largest absolute Gasteiger partial charge is 0.390 e. The molecule has 1 fully saturated rings. The molecule has 0 saturated heterocycles. The monoisotopic (exact) mass is 226 g/mol. The summed E-state index contributed by atoms with van der Waals surface area (Å²) in [6, 6.07) is 0. The smallest absolute Gasteiger partial charge is 0.0675 e. The molecule has 1 saturated carbocycles. The van der Waals surface area contributed by atoms with Gasteiger partial charge in [-0.2, -0.15) is 0 Å². The Balaban J connectivity index is 2.68. The summed E-state index contributed by atoms with van der Waals surface area (Å²) in [7, 11) is 0. The van der Waals surface area contributed by atoms with Gasteiger partial charge in [0.2, 0.25) is 0 Å². The molecule has 0 bridgehead atoms. The molecule has 0 radical (unpaired) electrons. The molecular weight excluding hydrogens is 196 g/mol. The molecule has 0 aliphatic heterocycles. The highest BCUT2D eigenvalue weighted by atomic mass is 16.3. The molecule has 0 aromatic heterocycles. The van der Waals surface area contributed by atoms with Gasteiger partial charge >= 0.3 is 0 Å². The molecule has 0 aromatic carbocycles. The molecule has 2 atom stereocenters. The van der Waals surface area contributed by atoms with Gasteiger partial charge < -0.3 is 5.11 Å². The zero-order chi connectivity index (χ0) is 12.2. The van der Waals surface area contributed by atoms with Crippen LogP contribution in [0.15, 0.2) is 0 Å². The van der Waals surface area contributed by atoms with Gasteiger partial charge in [-0.3, -0.25) is 0 Å². The van der Waals surface area contributed by atoms with E-state index in [0.717, 1.165) is 37.5 Å². The van der Waals surface area contributed by atoms with Crippen LogP contribution in [0.4, 0.5) is 0 Å². The van der Waals surface area contributed by atoms with E-state index in [0.29, 0.717) is 5.92 Å². The Morgan fingerprint density at radius 1 is 0.938 bits per heavy atom. The van der Waals surface area contributed by atoms with Gasteiger partial charge in [0, 0.05) is 0 Å². The average Bonchev–Trinajstić information content (AvgIpc) is 2.16. The van der Waals surface area contributed by atoms with Crippen molar-refractivity contribution in [3.05, 3.63) is 0 Å². The van der Waals surface area contributed by atoms with Gasteiger partial charge in [0.25, 0.3) is 0 Å². The molecule has 1 heteroatoms. The maximum absolute atomic E-state index is 10.9. The summed E-state index contributed by atoms with van der Waals surface area (Å²) in [4.78, 5) is 0. The van der Waals surface area contributed by atoms with E-state index < -0.39 is 0 Å². The summed E-state index contributed by atoms with van der Waals surface area (Å²) in [5, 5.41) is 10.9. The van der Waals surface area contributed by atoms with E-state index in [1.54, 1.807) is 0 Å². The molecule has 1 aliphatic carbocycles. The molecule has 0 aromatic rings. The first-order chi connectivity index (χ1) is 7.51. The van der Waals surface area contributed by atoms with E-state index in [9.17, 15) is 5.11 Å². The summed E-state index contributed by atoms with van der Waals surface area (Å²) in [5.41, 5.74) is -0.369. The fraction of sp³-hybridized carbons (Fsp3) is 1.00. The summed E-state index contributed by atoms with van der Waals surface area (Å²) in [6.07, 6.45) is 8.02. The zero-order valence-corrected chi connectivity index (χ0v) is 11.6. The third-order valence-electron chi connectivity index (χ3n) is 4.30. The van der Waals surface area contributed by atoms with Crippen LogP contribution >= 0.6 is 0 Å². The Bertz CT molecular complexity index is 184. The van der Waals surface area contributed by atoms with Crippen molar-refractivity contribution in [1.29, 1.82) is 0 Å². The van der Waals surface area contributed by atoms with Crippen molar-refractivity contribution in [3.63, 3.8) is 0 Å². The fourth-order valence-corrected chi connectivity index (χ4v) is 3.78. The average molecular weight is 226 g/mol. The molecule has 0 heterocycles. The predicted octanol–water partition coefficient (Wildman–Crippen LogP) is 4.39. The van der Waals surface area contributed by atoms with Gasteiger partial charge in [0.15, 0.2) is 0 Å². The molecular formula is C15H30O. The van der Waals surface area contributed by atoms with Crippen LogP contribution in [0.25, 0.3) is 0 Å². The predicted molar refractivity (Wildman–Crippen MR) is 70.4 cm³/mol. The van der Waals surface area contributed by atoms with Gasteiger partial charge in [-0.25, -0.2) is 0 Å². The number of aliphatic hydroxyl groups is 1. The van der Waals surface area contributed by atoms with E-state index in [1.165, 1.54) is 19.3 Å². The first kappa shape index (κ1) is 14.0. The summed E-state index contributed by atoms with van der Waals surface area (Å²) < 4.78 is 0. The summed E-state index contributed by atoms with van der Waals surface area (Å²) in [5.74, 6) is 2.15. The third kappa shape index (κ3) is 3.48. The Kier molecular flexibility index (Phi) is 5.30. The van der Waals surface area contributed by atoms with Crippen molar-refractivity contribution < 1.29 is 5.11 Å². The quantitative estimate of drug-likeness (QED) is 0.737. The van der Waals surface area contributed by atoms with E-state index in [-0.39, 0.29) is 5.60 Å². The van der Waals surface area contributed by atoms with Crippen LogP contribution < -0.4 is 0 Å². The van der Waals surface area contributed by atoms with Crippen LogP contribution in [-0.4, -0.2) is 10.7 Å². The highest BCUT2D eigenvalue weighted by Gasteiger charge is 2.38. The lowest BCUT2D eigenvalue weighted by atomic mass is 9.67. The SMILES string of the molecule is CCCC(O)(CCC)C1CC(C)CC(C)C1. The number of rotatable bonds is 5. The second-order valence-corrected chi connectivity index (χ2v) is 6.22. The normalized spacial score (nSPS) is 31.7. The van der Waals surface area contributed by atoms with Crippen LogP contribution in [0.5, 0.6) is 0 Å². The number of hydrogen-bond donors (Lipinski definition) is 1. The first-order valence-corrected chi connectivity index (χ1v) is 7.24. The second-order valence-electron chi connectivity index (χ2n) is 6.22. The molecule has 16 heavy (non-hydrogen) atoms. The second kappa shape index (κ2) is 6.05. The lowest BCUT2D eigenvalue weighted by Gasteiger charge is -2.42. The van der Waals surface area contributed by atoms with Crippen LogP contribution in [0.2, 0.25) is 0 Å². The minimum Gasteiger partial charge on any atom is -0.390 e.